The maximum Gasteiger partial charge on any atom is 0.247 e. The van der Waals surface area contributed by atoms with E-state index in [1.807, 2.05) is 30.3 Å². The first-order chi connectivity index (χ1) is 10.6. The van der Waals surface area contributed by atoms with Crippen molar-refractivity contribution in [3.63, 3.8) is 0 Å². The van der Waals surface area contributed by atoms with Crippen LogP contribution in [0.4, 0.5) is 0 Å². The van der Waals surface area contributed by atoms with Crippen LogP contribution in [0.15, 0.2) is 30.3 Å². The molecule has 2 N–H and O–H groups in total. The highest BCUT2D eigenvalue weighted by molar-refractivity contribution is 5.90. The van der Waals surface area contributed by atoms with Crippen LogP contribution in [0.2, 0.25) is 0 Å². The van der Waals surface area contributed by atoms with E-state index in [4.69, 9.17) is 4.74 Å². The van der Waals surface area contributed by atoms with Crippen molar-refractivity contribution in [3.05, 3.63) is 35.9 Å². The van der Waals surface area contributed by atoms with Gasteiger partial charge in [-0.1, -0.05) is 30.3 Å². The molecular weight excluding hydrogens is 284 g/mol. The van der Waals surface area contributed by atoms with Crippen LogP contribution in [0.3, 0.4) is 0 Å². The molecule has 6 nitrogen and oxygen atoms in total. The van der Waals surface area contributed by atoms with Crippen LogP contribution >= 0.6 is 0 Å². The van der Waals surface area contributed by atoms with Crippen LogP contribution in [-0.2, 0) is 14.3 Å². The number of hydrogen-bond acceptors (Lipinski definition) is 4. The van der Waals surface area contributed by atoms with Crippen molar-refractivity contribution in [1.82, 2.24) is 10.2 Å². The summed E-state index contributed by atoms with van der Waals surface area (Å²) < 4.78 is 5.20. The minimum absolute atomic E-state index is 0.264. The number of morpholine rings is 1. The van der Waals surface area contributed by atoms with Crippen LogP contribution in [0.25, 0.3) is 0 Å². The Balaban J connectivity index is 1.96. The molecule has 1 unspecified atom stereocenters. The number of aliphatic hydroxyl groups is 1. The van der Waals surface area contributed by atoms with E-state index < -0.39 is 12.6 Å². The normalized spacial score (nSPS) is 17.6. The molecule has 0 aliphatic carbocycles. The SMILES string of the molecule is CC(C(=O)N[C@@H](CO)C(=O)N1CCOCC1)c1ccccc1. The molecule has 120 valence electrons. The summed E-state index contributed by atoms with van der Waals surface area (Å²) in [6, 6.07) is 8.43. The molecule has 0 saturated carbocycles. The van der Waals surface area contributed by atoms with E-state index >= 15 is 0 Å². The first kappa shape index (κ1) is 16.5. The third-order valence-corrected chi connectivity index (χ3v) is 3.81. The molecule has 2 atom stereocenters. The molecule has 2 rings (SSSR count). The molecular formula is C16H22N2O4. The minimum Gasteiger partial charge on any atom is -0.394 e. The van der Waals surface area contributed by atoms with Crippen molar-refractivity contribution in [1.29, 1.82) is 0 Å². The lowest BCUT2D eigenvalue weighted by Gasteiger charge is -2.30. The predicted octanol–water partition coefficient (Wildman–Crippen LogP) is 0.126. The van der Waals surface area contributed by atoms with Gasteiger partial charge in [0.2, 0.25) is 11.8 Å². The van der Waals surface area contributed by atoms with Gasteiger partial charge in [-0.2, -0.15) is 0 Å². The topological polar surface area (TPSA) is 78.9 Å². The lowest BCUT2D eigenvalue weighted by Crippen LogP contribution is -2.53. The second kappa shape index (κ2) is 7.91. The summed E-state index contributed by atoms with van der Waals surface area (Å²) >= 11 is 0. The second-order valence-electron chi connectivity index (χ2n) is 5.31. The van der Waals surface area contributed by atoms with E-state index in [0.717, 1.165) is 5.56 Å². The first-order valence-electron chi connectivity index (χ1n) is 7.46. The van der Waals surface area contributed by atoms with Gasteiger partial charge in [-0.15, -0.1) is 0 Å². The average Bonchev–Trinajstić information content (AvgIpc) is 2.59. The summed E-state index contributed by atoms with van der Waals surface area (Å²) in [6.45, 7) is 3.30. The number of nitrogens with zero attached hydrogens (tertiary/aromatic N) is 1. The molecule has 1 heterocycles. The summed E-state index contributed by atoms with van der Waals surface area (Å²) in [5.41, 5.74) is 0.871. The number of benzene rings is 1. The van der Waals surface area contributed by atoms with Crippen molar-refractivity contribution in [2.45, 2.75) is 18.9 Å². The average molecular weight is 306 g/mol. The number of nitrogens with one attached hydrogen (secondary N) is 1. The van der Waals surface area contributed by atoms with Crippen LogP contribution in [0, 0.1) is 0 Å². The van der Waals surface area contributed by atoms with Crippen molar-refractivity contribution < 1.29 is 19.4 Å². The number of hydrogen-bond donors (Lipinski definition) is 2. The molecule has 2 amide bonds. The van der Waals surface area contributed by atoms with Gasteiger partial charge in [-0.25, -0.2) is 0 Å². The molecule has 6 heteroatoms. The standard InChI is InChI=1S/C16H22N2O4/c1-12(13-5-3-2-4-6-13)15(20)17-14(11-19)16(21)18-7-9-22-10-8-18/h2-6,12,14,19H,7-11H2,1H3,(H,17,20)/t12?,14-/m0/s1. The van der Waals surface area contributed by atoms with Gasteiger partial charge in [0.15, 0.2) is 0 Å². The Kier molecular flexibility index (Phi) is 5.91. The van der Waals surface area contributed by atoms with Crippen LogP contribution in [-0.4, -0.2) is 60.8 Å². The van der Waals surface area contributed by atoms with Crippen LogP contribution < -0.4 is 5.32 Å². The lowest BCUT2D eigenvalue weighted by molar-refractivity contribution is -0.141. The van der Waals surface area contributed by atoms with E-state index in [1.54, 1.807) is 11.8 Å². The molecule has 0 radical (unpaired) electrons. The van der Waals surface area contributed by atoms with Gasteiger partial charge in [-0.05, 0) is 12.5 Å². The first-order valence-corrected chi connectivity index (χ1v) is 7.46. The van der Waals surface area contributed by atoms with Crippen molar-refractivity contribution in [2.75, 3.05) is 32.9 Å². The molecule has 1 aliphatic heterocycles. The number of aliphatic hydroxyl groups excluding tert-OH is 1. The molecule has 1 aromatic carbocycles. The summed E-state index contributed by atoms with van der Waals surface area (Å²) in [7, 11) is 0. The Morgan fingerprint density at radius 3 is 2.50 bits per heavy atom. The predicted molar refractivity (Wildman–Crippen MR) is 81.3 cm³/mol. The van der Waals surface area contributed by atoms with Crippen molar-refractivity contribution in [2.24, 2.45) is 0 Å². The fraction of sp³-hybridized carbons (Fsp3) is 0.500. The Labute approximate surface area is 130 Å². The number of carbonyl (C=O) groups excluding carboxylic acids is 2. The number of rotatable bonds is 5. The van der Waals surface area contributed by atoms with Crippen molar-refractivity contribution >= 4 is 11.8 Å². The molecule has 22 heavy (non-hydrogen) atoms. The van der Waals surface area contributed by atoms with Crippen LogP contribution in [0.5, 0.6) is 0 Å². The van der Waals surface area contributed by atoms with E-state index in [1.165, 1.54) is 0 Å². The van der Waals surface area contributed by atoms with Gasteiger partial charge in [0.1, 0.15) is 6.04 Å². The summed E-state index contributed by atoms with van der Waals surface area (Å²) in [5.74, 6) is -0.918. The molecule has 0 bridgehead atoms. The third kappa shape index (κ3) is 4.05. The van der Waals surface area contributed by atoms with Gasteiger partial charge in [0.25, 0.3) is 0 Å². The molecule has 1 aromatic rings. The zero-order valence-electron chi connectivity index (χ0n) is 12.7. The molecule has 1 fully saturated rings. The van der Waals surface area contributed by atoms with Crippen LogP contribution in [0.1, 0.15) is 18.4 Å². The maximum absolute atomic E-state index is 12.3. The quantitative estimate of drug-likeness (QED) is 0.810. The number of amides is 2. The van der Waals surface area contributed by atoms with Gasteiger partial charge in [-0.3, -0.25) is 9.59 Å². The monoisotopic (exact) mass is 306 g/mol. The number of ether oxygens (including phenoxy) is 1. The van der Waals surface area contributed by atoms with E-state index in [0.29, 0.717) is 26.3 Å². The van der Waals surface area contributed by atoms with Gasteiger partial charge < -0.3 is 20.1 Å². The minimum atomic E-state index is -0.906. The Morgan fingerprint density at radius 1 is 1.27 bits per heavy atom. The Bertz CT molecular complexity index is 500. The molecule has 0 aromatic heterocycles. The highest BCUT2D eigenvalue weighted by Gasteiger charge is 2.28. The molecule has 1 aliphatic rings. The largest absolute Gasteiger partial charge is 0.394 e. The van der Waals surface area contributed by atoms with Gasteiger partial charge in [0.05, 0.1) is 25.7 Å². The van der Waals surface area contributed by atoms with Gasteiger partial charge in [0, 0.05) is 13.1 Å². The highest BCUT2D eigenvalue weighted by Crippen LogP contribution is 2.15. The third-order valence-electron chi connectivity index (χ3n) is 3.81. The molecule has 0 spiro atoms. The Morgan fingerprint density at radius 2 is 1.91 bits per heavy atom. The summed E-state index contributed by atoms with van der Waals surface area (Å²) in [5, 5.41) is 12.1. The summed E-state index contributed by atoms with van der Waals surface area (Å²) in [4.78, 5) is 26.2. The van der Waals surface area contributed by atoms with E-state index in [9.17, 15) is 14.7 Å². The summed E-state index contributed by atoms with van der Waals surface area (Å²) in [6.07, 6.45) is 0. The highest BCUT2D eigenvalue weighted by atomic mass is 16.5. The van der Waals surface area contributed by atoms with E-state index in [-0.39, 0.29) is 17.7 Å². The lowest BCUT2D eigenvalue weighted by atomic mass is 10.00. The second-order valence-corrected chi connectivity index (χ2v) is 5.31. The van der Waals surface area contributed by atoms with E-state index in [2.05, 4.69) is 5.32 Å². The molecule has 1 saturated heterocycles. The maximum atomic E-state index is 12.3. The van der Waals surface area contributed by atoms with Crippen molar-refractivity contribution in [3.8, 4) is 0 Å². The number of carbonyl (C=O) groups is 2. The van der Waals surface area contributed by atoms with Gasteiger partial charge >= 0.3 is 0 Å². The fourth-order valence-corrected chi connectivity index (χ4v) is 2.38. The smallest absolute Gasteiger partial charge is 0.247 e. The zero-order chi connectivity index (χ0) is 15.9. The zero-order valence-corrected chi connectivity index (χ0v) is 12.7. The Hall–Kier alpha value is -1.92. The fourth-order valence-electron chi connectivity index (χ4n) is 2.38.